The third-order valence-electron chi connectivity index (χ3n) is 6.10. The zero-order valence-electron chi connectivity index (χ0n) is 15.9. The van der Waals surface area contributed by atoms with Gasteiger partial charge >= 0.3 is 6.09 Å². The van der Waals surface area contributed by atoms with Gasteiger partial charge in [-0.05, 0) is 43.4 Å². The van der Waals surface area contributed by atoms with E-state index in [0.29, 0.717) is 22.2 Å². The second-order valence-electron chi connectivity index (χ2n) is 7.60. The molecule has 0 radical (unpaired) electrons. The minimum absolute atomic E-state index is 0.0457. The van der Waals surface area contributed by atoms with Crippen molar-refractivity contribution in [3.8, 4) is 11.5 Å². The molecule has 1 saturated heterocycles. The van der Waals surface area contributed by atoms with Crippen LogP contribution in [0.4, 0.5) is 4.79 Å². The number of rotatable bonds is 3. The molecular formula is C19H26BrNO7. The van der Waals surface area contributed by atoms with Gasteiger partial charge in [-0.3, -0.25) is 0 Å². The molecule has 1 saturated carbocycles. The number of hydrogen-bond donors (Lipinski definition) is 4. The van der Waals surface area contributed by atoms with Gasteiger partial charge in [0.25, 0.3) is 0 Å². The van der Waals surface area contributed by atoms with E-state index in [1.165, 1.54) is 25.2 Å². The monoisotopic (exact) mass is 459 g/mol. The molecule has 1 aliphatic carbocycles. The molecule has 0 aromatic heterocycles. The van der Waals surface area contributed by atoms with E-state index in [9.17, 15) is 25.2 Å². The number of benzene rings is 1. The summed E-state index contributed by atoms with van der Waals surface area (Å²) in [7, 11) is 2.71. The van der Waals surface area contributed by atoms with Crippen molar-refractivity contribution in [2.24, 2.45) is 0 Å². The number of phenolic OH excluding ortho intramolecular Hbond substituents is 1. The van der Waals surface area contributed by atoms with E-state index in [1.807, 2.05) is 0 Å². The van der Waals surface area contributed by atoms with E-state index in [4.69, 9.17) is 9.47 Å². The lowest BCUT2D eigenvalue weighted by atomic mass is 9.62. The van der Waals surface area contributed by atoms with E-state index < -0.39 is 29.4 Å². The first kappa shape index (κ1) is 21.2. The Kier molecular flexibility index (Phi) is 5.82. The van der Waals surface area contributed by atoms with Gasteiger partial charge in [-0.2, -0.15) is 0 Å². The van der Waals surface area contributed by atoms with Crippen LogP contribution in [0.25, 0.3) is 0 Å². The smallest absolute Gasteiger partial charge is 0.409 e. The summed E-state index contributed by atoms with van der Waals surface area (Å²) in [5.41, 5.74) is -2.49. The molecule has 8 nitrogen and oxygen atoms in total. The molecule has 1 amide bonds. The van der Waals surface area contributed by atoms with Gasteiger partial charge in [0, 0.05) is 17.4 Å². The highest BCUT2D eigenvalue weighted by molar-refractivity contribution is 9.10. The van der Waals surface area contributed by atoms with Crippen LogP contribution in [0.1, 0.15) is 31.2 Å². The Morgan fingerprint density at radius 3 is 2.68 bits per heavy atom. The summed E-state index contributed by atoms with van der Waals surface area (Å²) in [5.74, 6) is 0.225. The van der Waals surface area contributed by atoms with Crippen LogP contribution < -0.4 is 4.74 Å². The number of likely N-dealkylation sites (tertiary alicyclic amines) is 1. The minimum atomic E-state index is -1.62. The highest BCUT2D eigenvalue weighted by atomic mass is 79.9. The molecule has 1 heterocycles. The highest BCUT2D eigenvalue weighted by Crippen LogP contribution is 2.48. The van der Waals surface area contributed by atoms with Gasteiger partial charge in [-0.25, -0.2) is 4.79 Å². The van der Waals surface area contributed by atoms with Crippen molar-refractivity contribution in [1.29, 1.82) is 0 Å². The molecule has 9 heteroatoms. The number of aliphatic hydroxyl groups excluding tert-OH is 1. The van der Waals surface area contributed by atoms with Crippen molar-refractivity contribution in [2.45, 2.75) is 55.5 Å². The molecule has 2 unspecified atom stereocenters. The number of piperidine rings is 1. The highest BCUT2D eigenvalue weighted by Gasteiger charge is 2.61. The molecule has 4 atom stereocenters. The van der Waals surface area contributed by atoms with Crippen molar-refractivity contribution in [3.05, 3.63) is 22.2 Å². The normalized spacial score (nSPS) is 32.6. The second kappa shape index (κ2) is 7.70. The molecule has 3 rings (SSSR count). The van der Waals surface area contributed by atoms with Crippen LogP contribution in [-0.2, 0) is 11.2 Å². The number of hydrogen-bond acceptors (Lipinski definition) is 7. The van der Waals surface area contributed by atoms with Gasteiger partial charge in [-0.1, -0.05) is 15.9 Å². The molecule has 2 aliphatic rings. The van der Waals surface area contributed by atoms with Crippen LogP contribution in [0.3, 0.4) is 0 Å². The van der Waals surface area contributed by atoms with E-state index in [2.05, 4.69) is 15.9 Å². The van der Waals surface area contributed by atoms with Gasteiger partial charge in [0.2, 0.25) is 0 Å². The first-order chi connectivity index (χ1) is 13.1. The Morgan fingerprint density at radius 1 is 1.32 bits per heavy atom. The van der Waals surface area contributed by atoms with E-state index in [1.54, 1.807) is 6.07 Å². The minimum Gasteiger partial charge on any atom is -0.504 e. The summed E-state index contributed by atoms with van der Waals surface area (Å²) in [6, 6.07) is 2.32. The molecule has 2 fully saturated rings. The summed E-state index contributed by atoms with van der Waals surface area (Å²) in [6.07, 6.45) is -0.484. The number of carbonyl (C=O) groups is 1. The van der Waals surface area contributed by atoms with Gasteiger partial charge in [0.1, 0.15) is 5.60 Å². The number of carbonyl (C=O) groups excluding carboxylic acids is 1. The lowest BCUT2D eigenvalue weighted by molar-refractivity contribution is -0.242. The lowest BCUT2D eigenvalue weighted by Gasteiger charge is -2.58. The summed E-state index contributed by atoms with van der Waals surface area (Å²) >= 11 is 3.44. The van der Waals surface area contributed by atoms with Crippen LogP contribution >= 0.6 is 15.9 Å². The van der Waals surface area contributed by atoms with Gasteiger partial charge in [0.15, 0.2) is 11.5 Å². The molecule has 28 heavy (non-hydrogen) atoms. The number of methoxy groups -OCH3 is 2. The number of aliphatic hydroxyl groups is 3. The van der Waals surface area contributed by atoms with Crippen LogP contribution in [-0.4, -0.2) is 75.5 Å². The van der Waals surface area contributed by atoms with Crippen molar-refractivity contribution in [3.63, 3.8) is 0 Å². The van der Waals surface area contributed by atoms with Crippen LogP contribution in [0, 0.1) is 0 Å². The molecular weight excluding hydrogens is 434 g/mol. The largest absolute Gasteiger partial charge is 0.504 e. The van der Waals surface area contributed by atoms with Crippen molar-refractivity contribution >= 4 is 22.0 Å². The molecule has 1 aliphatic heterocycles. The Hall–Kier alpha value is -1.55. The zero-order chi connectivity index (χ0) is 20.7. The van der Waals surface area contributed by atoms with Crippen molar-refractivity contribution < 1.29 is 34.7 Å². The number of nitrogens with zero attached hydrogens (tertiary/aromatic N) is 1. The van der Waals surface area contributed by atoms with Gasteiger partial charge in [0.05, 0.1) is 32.0 Å². The molecule has 4 N–H and O–H groups in total. The third-order valence-corrected chi connectivity index (χ3v) is 6.84. The summed E-state index contributed by atoms with van der Waals surface area (Å²) in [5, 5.41) is 42.9. The number of aromatic hydroxyl groups is 1. The van der Waals surface area contributed by atoms with Crippen molar-refractivity contribution in [1.82, 2.24) is 4.90 Å². The van der Waals surface area contributed by atoms with Gasteiger partial charge < -0.3 is 34.8 Å². The Balaban J connectivity index is 2.02. The quantitative estimate of drug-likeness (QED) is 0.541. The molecule has 0 spiro atoms. The zero-order valence-corrected chi connectivity index (χ0v) is 17.5. The molecule has 1 aromatic rings. The van der Waals surface area contributed by atoms with E-state index in [-0.39, 0.29) is 38.0 Å². The number of fused-ring (bicyclic) bond motifs is 1. The van der Waals surface area contributed by atoms with E-state index in [0.717, 1.165) is 0 Å². The third kappa shape index (κ3) is 3.45. The Bertz CT molecular complexity index is 760. The predicted octanol–water partition coefficient (Wildman–Crippen LogP) is 1.55. The maximum atomic E-state index is 12.4. The summed E-state index contributed by atoms with van der Waals surface area (Å²) < 4.78 is 10.6. The fraction of sp³-hybridized carbons (Fsp3) is 0.632. The number of phenols is 1. The molecule has 0 bridgehead atoms. The Labute approximate surface area is 171 Å². The molecule has 1 aromatic carbocycles. The molecule has 156 valence electrons. The standard InChI is InChI=1S/C19H26BrNO7/c1-27-15-9-13(20)11(7-14(15)23)8-16-19(26)4-3-12(22)10-18(19,25)5-6-21(16)17(24)28-2/h7,9,12,16,22-23,25-26H,3-6,8,10H2,1-2H3/t12?,16?,18-,19-/m1/s1. The number of ether oxygens (including phenoxy) is 2. The second-order valence-corrected chi connectivity index (χ2v) is 8.46. The Morgan fingerprint density at radius 2 is 2.04 bits per heavy atom. The number of halogens is 1. The maximum absolute atomic E-state index is 12.4. The lowest BCUT2D eigenvalue weighted by Crippen LogP contribution is -2.73. The van der Waals surface area contributed by atoms with Crippen LogP contribution in [0.2, 0.25) is 0 Å². The van der Waals surface area contributed by atoms with Crippen LogP contribution in [0.15, 0.2) is 16.6 Å². The predicted molar refractivity (Wildman–Crippen MR) is 103 cm³/mol. The summed E-state index contributed by atoms with van der Waals surface area (Å²) in [4.78, 5) is 13.8. The fourth-order valence-electron chi connectivity index (χ4n) is 4.53. The SMILES string of the molecule is COC(=O)N1CC[C@@]2(O)CC(O)CC[C@@]2(O)C1Cc1cc(O)c(OC)cc1Br. The van der Waals surface area contributed by atoms with E-state index >= 15 is 0 Å². The van der Waals surface area contributed by atoms with Crippen LogP contribution in [0.5, 0.6) is 11.5 Å². The first-order valence-electron chi connectivity index (χ1n) is 9.18. The topological polar surface area (TPSA) is 120 Å². The fourth-order valence-corrected chi connectivity index (χ4v) is 5.02. The van der Waals surface area contributed by atoms with Gasteiger partial charge in [-0.15, -0.1) is 0 Å². The van der Waals surface area contributed by atoms with Crippen molar-refractivity contribution in [2.75, 3.05) is 20.8 Å². The average Bonchev–Trinajstić information content (AvgIpc) is 2.65. The first-order valence-corrected chi connectivity index (χ1v) is 9.97. The summed E-state index contributed by atoms with van der Waals surface area (Å²) in [6.45, 7) is 0.183. The number of amides is 1. The maximum Gasteiger partial charge on any atom is 0.409 e. The average molecular weight is 460 g/mol.